The molecule has 0 amide bonds. The molecule has 0 spiro atoms. The number of hydrogen-bond acceptors (Lipinski definition) is 2. The summed E-state index contributed by atoms with van der Waals surface area (Å²) in [5, 5.41) is 5.53. The molecule has 0 bridgehead atoms. The second-order valence-corrected chi connectivity index (χ2v) is 5.42. The van der Waals surface area contributed by atoms with E-state index in [1.165, 1.54) is 11.2 Å². The summed E-state index contributed by atoms with van der Waals surface area (Å²) in [5.41, 5.74) is 9.96. The number of nitrogens with zero attached hydrogens (tertiary/aromatic N) is 3. The minimum Gasteiger partial charge on any atom is -0.389 e. The summed E-state index contributed by atoms with van der Waals surface area (Å²) >= 11 is 5.02. The fraction of sp³-hybridized carbons (Fsp3) is 0.200. The highest BCUT2D eigenvalue weighted by Gasteiger charge is 2.07. The fourth-order valence-corrected chi connectivity index (χ4v) is 2.60. The first-order valence-corrected chi connectivity index (χ1v) is 6.83. The van der Waals surface area contributed by atoms with Gasteiger partial charge >= 0.3 is 0 Å². The van der Waals surface area contributed by atoms with Crippen LogP contribution in [0.3, 0.4) is 0 Å². The van der Waals surface area contributed by atoms with E-state index < -0.39 is 0 Å². The van der Waals surface area contributed by atoms with Gasteiger partial charge in [0.1, 0.15) is 4.99 Å². The second-order valence-electron chi connectivity index (χ2n) is 4.98. The Kier molecular flexibility index (Phi) is 3.06. The van der Waals surface area contributed by atoms with Crippen LogP contribution in [-0.4, -0.2) is 19.3 Å². The molecule has 2 heterocycles. The fourth-order valence-electron chi connectivity index (χ4n) is 2.48. The van der Waals surface area contributed by atoms with Crippen LogP contribution in [0.15, 0.2) is 36.5 Å². The van der Waals surface area contributed by atoms with Gasteiger partial charge < -0.3 is 10.3 Å². The number of nitrogens with two attached hydrogens (primary N) is 1. The zero-order chi connectivity index (χ0) is 14.3. The molecule has 2 N–H and O–H groups in total. The molecule has 102 valence electrons. The third-order valence-electron chi connectivity index (χ3n) is 3.49. The number of hydrogen-bond donors (Lipinski definition) is 1. The van der Waals surface area contributed by atoms with Crippen molar-refractivity contribution < 1.29 is 0 Å². The Hall–Kier alpha value is -2.14. The predicted octanol–water partition coefficient (Wildman–Crippen LogP) is 2.37. The summed E-state index contributed by atoms with van der Waals surface area (Å²) in [5.74, 6) is 0. The van der Waals surface area contributed by atoms with Crippen molar-refractivity contribution in [3.05, 3.63) is 53.5 Å². The Morgan fingerprint density at radius 1 is 1.30 bits per heavy atom. The lowest BCUT2D eigenvalue weighted by atomic mass is 10.1. The van der Waals surface area contributed by atoms with E-state index in [0.717, 1.165) is 23.2 Å². The van der Waals surface area contributed by atoms with Gasteiger partial charge in [-0.1, -0.05) is 12.2 Å². The molecule has 20 heavy (non-hydrogen) atoms. The highest BCUT2D eigenvalue weighted by molar-refractivity contribution is 7.80. The van der Waals surface area contributed by atoms with Crippen molar-refractivity contribution in [1.29, 1.82) is 0 Å². The average Bonchev–Trinajstić information content (AvgIpc) is 2.93. The minimum atomic E-state index is 0.432. The molecule has 0 atom stereocenters. The highest BCUT2D eigenvalue weighted by atomic mass is 32.1. The topological polar surface area (TPSA) is 48.8 Å². The van der Waals surface area contributed by atoms with E-state index in [9.17, 15) is 0 Å². The predicted molar refractivity (Wildman–Crippen MR) is 84.9 cm³/mol. The van der Waals surface area contributed by atoms with Crippen LogP contribution in [0.4, 0.5) is 0 Å². The van der Waals surface area contributed by atoms with Gasteiger partial charge in [0.05, 0.1) is 17.9 Å². The van der Waals surface area contributed by atoms with Gasteiger partial charge in [0.25, 0.3) is 0 Å². The zero-order valence-electron chi connectivity index (χ0n) is 11.5. The zero-order valence-corrected chi connectivity index (χ0v) is 12.3. The van der Waals surface area contributed by atoms with Gasteiger partial charge in [-0.3, -0.25) is 4.68 Å². The van der Waals surface area contributed by atoms with Crippen LogP contribution in [-0.2, 0) is 13.6 Å². The van der Waals surface area contributed by atoms with Gasteiger partial charge in [-0.25, -0.2) is 0 Å². The van der Waals surface area contributed by atoms with E-state index in [0.29, 0.717) is 4.99 Å². The van der Waals surface area contributed by atoms with Crippen LogP contribution in [0.2, 0.25) is 0 Å². The SMILES string of the molecule is Cc1cc(Cn2ccc3cc(C(N)=S)ccc32)n(C)n1. The van der Waals surface area contributed by atoms with Crippen molar-refractivity contribution in [2.24, 2.45) is 12.8 Å². The molecule has 3 rings (SSSR count). The Morgan fingerprint density at radius 2 is 2.10 bits per heavy atom. The summed E-state index contributed by atoms with van der Waals surface area (Å²) in [6, 6.07) is 10.3. The second kappa shape index (κ2) is 4.76. The van der Waals surface area contributed by atoms with Crippen molar-refractivity contribution in [2.45, 2.75) is 13.5 Å². The van der Waals surface area contributed by atoms with Gasteiger partial charge in [-0.15, -0.1) is 0 Å². The molecule has 4 nitrogen and oxygen atoms in total. The van der Waals surface area contributed by atoms with E-state index in [1.54, 1.807) is 0 Å². The molecule has 2 aromatic heterocycles. The van der Waals surface area contributed by atoms with Crippen LogP contribution < -0.4 is 5.73 Å². The summed E-state index contributed by atoms with van der Waals surface area (Å²) < 4.78 is 4.12. The number of aromatic nitrogens is 3. The van der Waals surface area contributed by atoms with Crippen LogP contribution in [0.5, 0.6) is 0 Å². The Bertz CT molecular complexity index is 797. The third-order valence-corrected chi connectivity index (χ3v) is 3.72. The summed E-state index contributed by atoms with van der Waals surface area (Å²) in [6.45, 7) is 2.80. The highest BCUT2D eigenvalue weighted by Crippen LogP contribution is 2.19. The Labute approximate surface area is 122 Å². The van der Waals surface area contributed by atoms with E-state index >= 15 is 0 Å². The van der Waals surface area contributed by atoms with E-state index in [-0.39, 0.29) is 0 Å². The smallest absolute Gasteiger partial charge is 0.104 e. The largest absolute Gasteiger partial charge is 0.389 e. The molecule has 1 aromatic carbocycles. The molecule has 0 saturated heterocycles. The lowest BCUT2D eigenvalue weighted by Crippen LogP contribution is -2.09. The van der Waals surface area contributed by atoms with Gasteiger partial charge in [0.15, 0.2) is 0 Å². The summed E-state index contributed by atoms with van der Waals surface area (Å²) in [7, 11) is 1.97. The maximum Gasteiger partial charge on any atom is 0.104 e. The third kappa shape index (κ3) is 2.20. The summed E-state index contributed by atoms with van der Waals surface area (Å²) in [4.78, 5) is 0.432. The first-order valence-electron chi connectivity index (χ1n) is 6.43. The first-order chi connectivity index (χ1) is 9.54. The van der Waals surface area contributed by atoms with Crippen molar-refractivity contribution >= 4 is 28.1 Å². The number of benzene rings is 1. The van der Waals surface area contributed by atoms with Crippen molar-refractivity contribution in [3.63, 3.8) is 0 Å². The van der Waals surface area contributed by atoms with E-state index in [2.05, 4.69) is 34.1 Å². The maximum absolute atomic E-state index is 5.67. The van der Waals surface area contributed by atoms with E-state index in [4.69, 9.17) is 18.0 Å². The molecule has 0 aliphatic carbocycles. The monoisotopic (exact) mass is 284 g/mol. The van der Waals surface area contributed by atoms with Crippen molar-refractivity contribution in [2.75, 3.05) is 0 Å². The molecule has 3 aromatic rings. The normalized spacial score (nSPS) is 11.1. The lowest BCUT2D eigenvalue weighted by molar-refractivity contribution is 0.673. The van der Waals surface area contributed by atoms with Crippen molar-refractivity contribution in [3.8, 4) is 0 Å². The standard InChI is InChI=1S/C15H16N4S/c1-10-7-13(18(2)17-10)9-19-6-5-11-8-12(15(16)20)3-4-14(11)19/h3-8H,9H2,1-2H3,(H2,16,20). The molecule has 0 unspecified atom stereocenters. The molecule has 5 heteroatoms. The molecule has 0 saturated carbocycles. The number of fused-ring (bicyclic) bond motifs is 1. The summed E-state index contributed by atoms with van der Waals surface area (Å²) in [6.07, 6.45) is 2.08. The number of rotatable bonds is 3. The van der Waals surface area contributed by atoms with Gasteiger partial charge in [0, 0.05) is 29.7 Å². The first kappa shape index (κ1) is 12.9. The van der Waals surface area contributed by atoms with E-state index in [1.807, 2.05) is 30.8 Å². The van der Waals surface area contributed by atoms with Crippen molar-refractivity contribution in [1.82, 2.24) is 14.3 Å². The molecular formula is C15H16N4S. The quantitative estimate of drug-likeness (QED) is 0.751. The van der Waals surface area contributed by atoms with Gasteiger partial charge in [-0.05, 0) is 37.3 Å². The molecular weight excluding hydrogens is 268 g/mol. The average molecular weight is 284 g/mol. The lowest BCUT2D eigenvalue weighted by Gasteiger charge is -2.06. The number of thiocarbonyl (C=S) groups is 1. The Balaban J connectivity index is 2.00. The minimum absolute atomic E-state index is 0.432. The van der Waals surface area contributed by atoms with Crippen LogP contribution in [0, 0.1) is 6.92 Å². The van der Waals surface area contributed by atoms with Crippen LogP contribution in [0.25, 0.3) is 10.9 Å². The van der Waals surface area contributed by atoms with Gasteiger partial charge in [-0.2, -0.15) is 5.10 Å². The van der Waals surface area contributed by atoms with Crippen LogP contribution >= 0.6 is 12.2 Å². The molecule has 0 aliphatic rings. The van der Waals surface area contributed by atoms with Crippen LogP contribution in [0.1, 0.15) is 17.0 Å². The maximum atomic E-state index is 5.67. The molecule has 0 fully saturated rings. The molecule has 0 aliphatic heterocycles. The Morgan fingerprint density at radius 3 is 2.75 bits per heavy atom. The van der Waals surface area contributed by atoms with Gasteiger partial charge in [0.2, 0.25) is 0 Å². The number of aryl methyl sites for hydroxylation is 2. The molecule has 0 radical (unpaired) electrons.